The Labute approximate surface area is 177 Å². The maximum absolute atomic E-state index is 10.7. The molecule has 3 rings (SSSR count). The smallest absolute Gasteiger partial charge is 0.546 e. The van der Waals surface area contributed by atoms with Crippen LogP contribution < -0.4 is 44.3 Å². The van der Waals surface area contributed by atoms with Crippen LogP contribution in [0, 0.1) is 0 Å². The summed E-state index contributed by atoms with van der Waals surface area (Å²) in [7, 11) is 1.80. The van der Waals surface area contributed by atoms with Crippen LogP contribution in [0.25, 0.3) is 11.0 Å². The number of carboxylic acid groups (broad SMARTS) is 1. The molecule has 0 fully saturated rings. The number of ether oxygens (including phenoxy) is 1. The third-order valence-electron chi connectivity index (χ3n) is 3.57. The van der Waals surface area contributed by atoms with E-state index in [9.17, 15) is 9.90 Å². The zero-order valence-corrected chi connectivity index (χ0v) is 17.3. The second-order valence-corrected chi connectivity index (χ2v) is 5.81. The van der Waals surface area contributed by atoms with Crippen molar-refractivity contribution in [3.63, 3.8) is 0 Å². The fourth-order valence-corrected chi connectivity index (χ4v) is 2.32. The van der Waals surface area contributed by atoms with Crippen LogP contribution in [0.2, 0.25) is 5.02 Å². The molecule has 0 amide bonds. The summed E-state index contributed by atoms with van der Waals surface area (Å²) in [6, 6.07) is 12.1. The van der Waals surface area contributed by atoms with Gasteiger partial charge >= 0.3 is 29.6 Å². The van der Waals surface area contributed by atoms with E-state index in [2.05, 4.69) is 15.2 Å². The van der Waals surface area contributed by atoms with Crippen molar-refractivity contribution in [2.24, 2.45) is 0 Å². The van der Waals surface area contributed by atoms with E-state index < -0.39 is 12.1 Å². The number of halogens is 1. The predicted molar refractivity (Wildman–Crippen MR) is 91.9 cm³/mol. The number of anilines is 2. The average molecular weight is 381 g/mol. The number of hydrogen-bond acceptors (Lipinski definition) is 7. The normalized spacial score (nSPS) is 11.5. The Morgan fingerprint density at radius 2 is 1.85 bits per heavy atom. The number of carbonyl (C=O) groups excluding carboxylic acids is 1. The molecule has 7 nitrogen and oxygen atoms in total. The van der Waals surface area contributed by atoms with Gasteiger partial charge in [0, 0.05) is 17.8 Å². The molecule has 0 bridgehead atoms. The molecule has 3 aromatic rings. The fraction of sp³-hybridized carbons (Fsp3) is 0.176. The van der Waals surface area contributed by atoms with E-state index in [4.69, 9.17) is 16.3 Å². The molecule has 0 aliphatic heterocycles. The second kappa shape index (κ2) is 8.64. The molecule has 1 aromatic heterocycles. The Morgan fingerprint density at radius 1 is 1.15 bits per heavy atom. The Morgan fingerprint density at radius 3 is 2.50 bits per heavy atom. The number of benzene rings is 2. The van der Waals surface area contributed by atoms with Gasteiger partial charge in [-0.1, -0.05) is 11.6 Å². The van der Waals surface area contributed by atoms with Crippen molar-refractivity contribution in [2.75, 3.05) is 11.9 Å². The first-order valence-electron chi connectivity index (χ1n) is 7.45. The van der Waals surface area contributed by atoms with E-state index in [1.54, 1.807) is 54.4 Å². The van der Waals surface area contributed by atoms with E-state index in [0.29, 0.717) is 27.8 Å². The molecule has 0 saturated heterocycles. The van der Waals surface area contributed by atoms with Crippen molar-refractivity contribution < 1.29 is 44.2 Å². The summed E-state index contributed by atoms with van der Waals surface area (Å²) in [5, 5.41) is 19.5. The largest absolute Gasteiger partial charge is 1.00 e. The number of hydrogen-bond donors (Lipinski definition) is 0. The first-order valence-corrected chi connectivity index (χ1v) is 7.83. The second-order valence-electron chi connectivity index (χ2n) is 5.38. The molecule has 26 heavy (non-hydrogen) atoms. The van der Waals surface area contributed by atoms with Gasteiger partial charge in [0.15, 0.2) is 0 Å². The van der Waals surface area contributed by atoms with Crippen molar-refractivity contribution >= 4 is 40.2 Å². The van der Waals surface area contributed by atoms with Crippen molar-refractivity contribution in [1.29, 1.82) is 0 Å². The molecule has 1 atom stereocenters. The van der Waals surface area contributed by atoms with Gasteiger partial charge in [0.05, 0.1) is 11.5 Å². The topological polar surface area (TPSA) is 91.3 Å². The van der Waals surface area contributed by atoms with Gasteiger partial charge in [0.1, 0.15) is 17.4 Å². The van der Waals surface area contributed by atoms with Crippen LogP contribution in [0.5, 0.6) is 5.75 Å². The van der Waals surface area contributed by atoms with Gasteiger partial charge in [-0.2, -0.15) is 0 Å². The molecule has 0 radical (unpaired) electrons. The molecular weight excluding hydrogens is 367 g/mol. The maximum Gasteiger partial charge on any atom is 1.00 e. The van der Waals surface area contributed by atoms with E-state index in [1.807, 2.05) is 0 Å². The number of aromatic nitrogens is 3. The Balaban J connectivity index is 0.00000243. The van der Waals surface area contributed by atoms with Gasteiger partial charge in [0.25, 0.3) is 0 Å². The summed E-state index contributed by atoms with van der Waals surface area (Å²) >= 11 is 5.93. The van der Waals surface area contributed by atoms with Crippen LogP contribution in [0.4, 0.5) is 11.6 Å². The average Bonchev–Trinajstić information content (AvgIpc) is 2.61. The molecule has 9 heteroatoms. The molecule has 1 heterocycles. The zero-order valence-electron chi connectivity index (χ0n) is 14.5. The number of carboxylic acids is 1. The van der Waals surface area contributed by atoms with Crippen LogP contribution in [-0.4, -0.2) is 34.3 Å². The number of rotatable bonds is 5. The minimum absolute atomic E-state index is 0. The number of aliphatic carboxylic acids is 1. The van der Waals surface area contributed by atoms with Gasteiger partial charge in [-0.25, -0.2) is 4.98 Å². The Kier molecular flexibility index (Phi) is 6.77. The van der Waals surface area contributed by atoms with Crippen LogP contribution >= 0.6 is 11.6 Å². The number of fused-ring (bicyclic) bond motifs is 1. The zero-order chi connectivity index (χ0) is 18.0. The first kappa shape index (κ1) is 20.4. The summed E-state index contributed by atoms with van der Waals surface area (Å²) in [5.74, 6) is -0.412. The van der Waals surface area contributed by atoms with Crippen LogP contribution in [0.1, 0.15) is 6.92 Å². The maximum atomic E-state index is 10.7. The van der Waals surface area contributed by atoms with Gasteiger partial charge in [-0.05, 0) is 49.4 Å². The number of nitrogens with zero attached hydrogens (tertiary/aromatic N) is 4. The standard InChI is InChI=1S/C17H15ClN4O3.Na/c1-10(16(23)24)25-13-6-4-12(5-7-13)22(2)17-19-14-8-3-11(18)9-15(14)20-21-17;/h3-10H,1-2H3,(H,23,24);/q;+1/p-1. The van der Waals surface area contributed by atoms with Crippen molar-refractivity contribution in [1.82, 2.24) is 15.2 Å². The number of carbonyl (C=O) groups is 1. The van der Waals surface area contributed by atoms with Crippen molar-refractivity contribution in [2.45, 2.75) is 13.0 Å². The quantitative estimate of drug-likeness (QED) is 0.522. The molecule has 0 saturated carbocycles. The minimum Gasteiger partial charge on any atom is -0.546 e. The van der Waals surface area contributed by atoms with E-state index in [-0.39, 0.29) is 29.6 Å². The van der Waals surface area contributed by atoms with Gasteiger partial charge in [0.2, 0.25) is 5.95 Å². The summed E-state index contributed by atoms with van der Waals surface area (Å²) in [6.45, 7) is 1.41. The van der Waals surface area contributed by atoms with Gasteiger partial charge in [-0.3, -0.25) is 0 Å². The summed E-state index contributed by atoms with van der Waals surface area (Å²) in [6.07, 6.45) is -1.02. The van der Waals surface area contributed by atoms with E-state index in [1.165, 1.54) is 6.92 Å². The predicted octanol–water partition coefficient (Wildman–Crippen LogP) is -1.03. The third kappa shape index (κ3) is 4.62. The molecule has 0 N–H and O–H groups in total. The molecular formula is C17H14ClN4NaO3. The molecule has 2 aromatic carbocycles. The van der Waals surface area contributed by atoms with E-state index in [0.717, 1.165) is 5.69 Å². The SMILES string of the molecule is CC(Oc1ccc(N(C)c2nnc3cc(Cl)ccc3n2)cc1)C(=O)[O-].[Na+]. The van der Waals surface area contributed by atoms with Crippen molar-refractivity contribution in [3.8, 4) is 5.75 Å². The van der Waals surface area contributed by atoms with Gasteiger partial charge < -0.3 is 19.5 Å². The van der Waals surface area contributed by atoms with Crippen molar-refractivity contribution in [3.05, 3.63) is 47.5 Å². The third-order valence-corrected chi connectivity index (χ3v) is 3.81. The fourth-order valence-electron chi connectivity index (χ4n) is 2.16. The summed E-state index contributed by atoms with van der Waals surface area (Å²) in [4.78, 5) is 16.9. The Hall–Kier alpha value is -1.93. The first-order chi connectivity index (χ1) is 11.9. The van der Waals surface area contributed by atoms with E-state index >= 15 is 0 Å². The van der Waals surface area contributed by atoms with Crippen LogP contribution in [0.3, 0.4) is 0 Å². The summed E-state index contributed by atoms with van der Waals surface area (Å²) < 4.78 is 5.25. The molecule has 0 spiro atoms. The molecule has 0 aliphatic rings. The van der Waals surface area contributed by atoms with Crippen LogP contribution in [0.15, 0.2) is 42.5 Å². The molecule has 1 unspecified atom stereocenters. The van der Waals surface area contributed by atoms with Crippen LogP contribution in [-0.2, 0) is 4.79 Å². The monoisotopic (exact) mass is 380 g/mol. The molecule has 0 aliphatic carbocycles. The summed E-state index contributed by atoms with van der Waals surface area (Å²) in [5.41, 5.74) is 2.09. The van der Waals surface area contributed by atoms with Gasteiger partial charge in [-0.15, -0.1) is 10.2 Å². The Bertz CT molecular complexity index is 924. The minimum atomic E-state index is -1.27. The molecule has 128 valence electrons.